The van der Waals surface area contributed by atoms with Crippen LogP contribution in [0.25, 0.3) is 0 Å². The Bertz CT molecular complexity index is 362. The first-order valence-corrected chi connectivity index (χ1v) is 4.75. The van der Waals surface area contributed by atoms with Gasteiger partial charge >= 0.3 is 5.97 Å². The molecule has 1 rings (SSSR count). The minimum absolute atomic E-state index is 0.384. The molecule has 15 heavy (non-hydrogen) atoms. The van der Waals surface area contributed by atoms with E-state index in [-0.39, 0.29) is 0 Å². The topological polar surface area (TPSA) is 55.8 Å². The Morgan fingerprint density at radius 1 is 1.40 bits per heavy atom. The fraction of sp³-hybridized carbons (Fsp3) is 0.300. The van der Waals surface area contributed by atoms with Gasteiger partial charge in [-0.15, -0.1) is 12.6 Å². The largest absolute Gasteiger partial charge is 0.479 e. The molecule has 0 atom stereocenters. The molecule has 0 saturated heterocycles. The smallest absolute Gasteiger partial charge is 0.339 e. The Labute approximate surface area is 93.2 Å². The Hall–Kier alpha value is -1.20. The second-order valence-corrected chi connectivity index (χ2v) is 3.93. The Morgan fingerprint density at radius 2 is 2.00 bits per heavy atom. The summed E-state index contributed by atoms with van der Waals surface area (Å²) in [5, 5.41) is 8.76. The molecule has 0 unspecified atom stereocenters. The van der Waals surface area contributed by atoms with Crippen molar-refractivity contribution in [3.05, 3.63) is 24.3 Å². The molecule has 0 amide bonds. The van der Waals surface area contributed by atoms with Crippen molar-refractivity contribution in [3.63, 3.8) is 0 Å². The predicted octanol–water partition coefficient (Wildman–Crippen LogP) is 2.15. The maximum absolute atomic E-state index is 10.7. The summed E-state index contributed by atoms with van der Waals surface area (Å²) >= 11 is 4.13. The van der Waals surface area contributed by atoms with Gasteiger partial charge in [0, 0.05) is 0 Å². The summed E-state index contributed by atoms with van der Waals surface area (Å²) in [4.78, 5) is 21.0. The number of para-hydroxylation sites is 1. The van der Waals surface area contributed by atoms with Crippen LogP contribution in [-0.2, 0) is 9.68 Å². The lowest BCUT2D eigenvalue weighted by Gasteiger charge is -2.18. The average Bonchev–Trinajstić information content (AvgIpc) is 2.16. The molecule has 0 aliphatic heterocycles. The number of carboxylic acids is 1. The predicted molar refractivity (Wildman–Crippen MR) is 57.1 cm³/mol. The van der Waals surface area contributed by atoms with Crippen molar-refractivity contribution < 1.29 is 19.7 Å². The molecule has 4 nitrogen and oxygen atoms in total. The van der Waals surface area contributed by atoms with Crippen LogP contribution in [0, 0.1) is 0 Å². The molecule has 5 heteroatoms. The van der Waals surface area contributed by atoms with Crippen LogP contribution >= 0.6 is 12.6 Å². The van der Waals surface area contributed by atoms with Gasteiger partial charge in [0.1, 0.15) is 0 Å². The molecule has 82 valence electrons. The number of rotatable bonds is 4. The lowest BCUT2D eigenvalue weighted by molar-refractivity contribution is -0.279. The summed E-state index contributed by atoms with van der Waals surface area (Å²) in [6, 6.07) is 6.89. The van der Waals surface area contributed by atoms with Crippen molar-refractivity contribution in [1.29, 1.82) is 0 Å². The number of hydrogen-bond acceptors (Lipinski definition) is 4. The van der Waals surface area contributed by atoms with E-state index in [1.54, 1.807) is 24.3 Å². The van der Waals surface area contributed by atoms with Gasteiger partial charge in [-0.2, -0.15) is 4.89 Å². The summed E-state index contributed by atoms with van der Waals surface area (Å²) in [6.07, 6.45) is 0. The SMILES string of the molecule is CC(C)(OOc1ccccc1S)C(=O)O. The number of carbonyl (C=O) groups is 1. The zero-order valence-corrected chi connectivity index (χ0v) is 9.32. The van der Waals surface area contributed by atoms with Crippen LogP contribution in [0.3, 0.4) is 0 Å². The van der Waals surface area contributed by atoms with Crippen LogP contribution in [0.1, 0.15) is 13.8 Å². The van der Waals surface area contributed by atoms with Gasteiger partial charge in [-0.25, -0.2) is 4.79 Å². The number of thiol groups is 1. The highest BCUT2D eigenvalue weighted by Crippen LogP contribution is 2.23. The fourth-order valence-corrected chi connectivity index (χ4v) is 0.910. The number of carboxylic acid groups (broad SMARTS) is 1. The van der Waals surface area contributed by atoms with Crippen molar-refractivity contribution in [2.45, 2.75) is 24.3 Å². The highest BCUT2D eigenvalue weighted by atomic mass is 32.1. The molecule has 0 aliphatic carbocycles. The zero-order valence-electron chi connectivity index (χ0n) is 8.43. The lowest BCUT2D eigenvalue weighted by Crippen LogP contribution is -2.35. The summed E-state index contributed by atoms with van der Waals surface area (Å²) < 4.78 is 0. The van der Waals surface area contributed by atoms with Crippen molar-refractivity contribution >= 4 is 18.6 Å². The number of benzene rings is 1. The average molecular weight is 228 g/mol. The third kappa shape index (κ3) is 3.14. The van der Waals surface area contributed by atoms with E-state index in [0.717, 1.165) is 0 Å². The van der Waals surface area contributed by atoms with Gasteiger partial charge in [0.15, 0.2) is 5.75 Å². The molecule has 0 bridgehead atoms. The van der Waals surface area contributed by atoms with E-state index >= 15 is 0 Å². The molecular formula is C10H12O4S. The normalized spacial score (nSPS) is 11.1. The highest BCUT2D eigenvalue weighted by Gasteiger charge is 2.30. The second-order valence-electron chi connectivity index (χ2n) is 3.45. The van der Waals surface area contributed by atoms with Crippen molar-refractivity contribution in [3.8, 4) is 5.75 Å². The van der Waals surface area contributed by atoms with Gasteiger partial charge in [-0.1, -0.05) is 12.1 Å². The fourth-order valence-electron chi connectivity index (χ4n) is 0.712. The molecule has 0 saturated carbocycles. The van der Waals surface area contributed by atoms with Crippen molar-refractivity contribution in [1.82, 2.24) is 0 Å². The van der Waals surface area contributed by atoms with E-state index < -0.39 is 11.6 Å². The maximum atomic E-state index is 10.7. The van der Waals surface area contributed by atoms with Gasteiger partial charge < -0.3 is 9.99 Å². The van der Waals surface area contributed by atoms with Crippen LogP contribution in [0.2, 0.25) is 0 Å². The van der Waals surface area contributed by atoms with Gasteiger partial charge in [-0.05, 0) is 26.0 Å². The molecule has 0 aliphatic rings. The summed E-state index contributed by atoms with van der Waals surface area (Å²) in [6.45, 7) is 2.80. The van der Waals surface area contributed by atoms with E-state index in [9.17, 15) is 4.79 Å². The summed E-state index contributed by atoms with van der Waals surface area (Å²) in [5.41, 5.74) is -1.39. The third-order valence-electron chi connectivity index (χ3n) is 1.72. The molecule has 1 aromatic rings. The first-order chi connectivity index (χ1) is 6.93. The van der Waals surface area contributed by atoms with Gasteiger partial charge in [0.25, 0.3) is 0 Å². The number of hydrogen-bond donors (Lipinski definition) is 2. The summed E-state index contributed by atoms with van der Waals surface area (Å²) in [5.74, 6) is -0.714. The highest BCUT2D eigenvalue weighted by molar-refractivity contribution is 7.80. The minimum atomic E-state index is -1.39. The zero-order chi connectivity index (χ0) is 11.5. The first kappa shape index (κ1) is 11.9. The van der Waals surface area contributed by atoms with E-state index in [2.05, 4.69) is 12.6 Å². The van der Waals surface area contributed by atoms with Gasteiger partial charge in [0.05, 0.1) is 4.90 Å². The molecule has 1 N–H and O–H groups in total. The first-order valence-electron chi connectivity index (χ1n) is 4.30. The molecule has 0 aromatic heterocycles. The second kappa shape index (κ2) is 4.55. The van der Waals surface area contributed by atoms with E-state index in [0.29, 0.717) is 10.6 Å². The Morgan fingerprint density at radius 3 is 2.53 bits per heavy atom. The Kier molecular flexibility index (Phi) is 3.60. The van der Waals surface area contributed by atoms with Crippen LogP contribution in [0.4, 0.5) is 0 Å². The standard InChI is InChI=1S/C10H12O4S/c1-10(2,9(11)12)14-13-7-5-3-4-6-8(7)15/h3-6,15H,1-2H3,(H,11,12). The monoisotopic (exact) mass is 228 g/mol. The van der Waals surface area contributed by atoms with E-state index in [4.69, 9.17) is 14.9 Å². The molecule has 0 heterocycles. The van der Waals surface area contributed by atoms with Gasteiger partial charge in [0.2, 0.25) is 5.60 Å². The van der Waals surface area contributed by atoms with E-state index in [1.807, 2.05) is 0 Å². The van der Waals surface area contributed by atoms with Crippen molar-refractivity contribution in [2.75, 3.05) is 0 Å². The van der Waals surface area contributed by atoms with Crippen molar-refractivity contribution in [2.24, 2.45) is 0 Å². The molecular weight excluding hydrogens is 216 g/mol. The van der Waals surface area contributed by atoms with Crippen LogP contribution in [0.15, 0.2) is 29.2 Å². The molecule has 0 spiro atoms. The number of aliphatic carboxylic acids is 1. The van der Waals surface area contributed by atoms with E-state index in [1.165, 1.54) is 13.8 Å². The van der Waals surface area contributed by atoms with Crippen LogP contribution < -0.4 is 4.89 Å². The third-order valence-corrected chi connectivity index (χ3v) is 2.09. The maximum Gasteiger partial charge on any atom is 0.339 e. The molecule has 0 fully saturated rings. The van der Waals surface area contributed by atoms with Crippen LogP contribution in [0.5, 0.6) is 5.75 Å². The minimum Gasteiger partial charge on any atom is -0.479 e. The molecule has 0 radical (unpaired) electrons. The van der Waals surface area contributed by atoms with Crippen LogP contribution in [-0.4, -0.2) is 16.7 Å². The van der Waals surface area contributed by atoms with Gasteiger partial charge in [-0.3, -0.25) is 0 Å². The lowest BCUT2D eigenvalue weighted by atomic mass is 10.1. The summed E-state index contributed by atoms with van der Waals surface area (Å²) in [7, 11) is 0. The molecule has 1 aromatic carbocycles. The Balaban J connectivity index is 2.66. The quantitative estimate of drug-likeness (QED) is 0.471.